The van der Waals surface area contributed by atoms with Crippen LogP contribution in [0.3, 0.4) is 0 Å². The van der Waals surface area contributed by atoms with Crippen molar-refractivity contribution in [1.29, 1.82) is 0 Å². The van der Waals surface area contributed by atoms with Gasteiger partial charge < -0.3 is 11.1 Å². The predicted octanol–water partition coefficient (Wildman–Crippen LogP) is 1.76. The highest BCUT2D eigenvalue weighted by atomic mass is 32.2. The van der Waals surface area contributed by atoms with Gasteiger partial charge in [0.25, 0.3) is 15.9 Å². The molecule has 7 nitrogen and oxygen atoms in total. The highest BCUT2D eigenvalue weighted by molar-refractivity contribution is 7.91. The lowest BCUT2D eigenvalue weighted by Crippen LogP contribution is -2.35. The molecule has 1 aliphatic heterocycles. The Morgan fingerprint density at radius 3 is 2.52 bits per heavy atom. The number of amides is 2. The molecule has 2 amide bonds. The van der Waals surface area contributed by atoms with Crippen LogP contribution in [0.25, 0.3) is 0 Å². The number of rotatable bonds is 6. The Morgan fingerprint density at radius 1 is 1.30 bits per heavy atom. The fourth-order valence-corrected chi connectivity index (χ4v) is 5.48. The van der Waals surface area contributed by atoms with Gasteiger partial charge in [-0.2, -0.15) is 4.31 Å². The quantitative estimate of drug-likeness (QED) is 0.806. The number of hydrogen-bond acceptors (Lipinski definition) is 5. The molecule has 0 spiro atoms. The molecule has 1 aromatic heterocycles. The highest BCUT2D eigenvalue weighted by Crippen LogP contribution is 2.34. The van der Waals surface area contributed by atoms with Gasteiger partial charge in [0.15, 0.2) is 0 Å². The normalized spacial score (nSPS) is 16.2. The monoisotopic (exact) mass is 359 g/mol. The van der Waals surface area contributed by atoms with Gasteiger partial charge >= 0.3 is 0 Å². The van der Waals surface area contributed by atoms with Gasteiger partial charge in [-0.1, -0.05) is 13.3 Å². The van der Waals surface area contributed by atoms with E-state index in [0.29, 0.717) is 25.9 Å². The zero-order valence-corrected chi connectivity index (χ0v) is 14.6. The van der Waals surface area contributed by atoms with E-state index in [-0.39, 0.29) is 20.7 Å². The van der Waals surface area contributed by atoms with Crippen molar-refractivity contribution in [2.24, 2.45) is 5.73 Å². The summed E-state index contributed by atoms with van der Waals surface area (Å²) in [6, 6.07) is 1.26. The highest BCUT2D eigenvalue weighted by Gasteiger charge is 2.30. The second kappa shape index (κ2) is 7.41. The molecule has 0 unspecified atom stereocenters. The van der Waals surface area contributed by atoms with E-state index in [1.165, 1.54) is 10.4 Å². The van der Waals surface area contributed by atoms with Crippen molar-refractivity contribution in [3.8, 4) is 0 Å². The number of piperidine rings is 1. The van der Waals surface area contributed by atoms with Gasteiger partial charge in [0.2, 0.25) is 5.91 Å². The van der Waals surface area contributed by atoms with E-state index < -0.39 is 15.9 Å². The minimum Gasteiger partial charge on any atom is -0.366 e. The van der Waals surface area contributed by atoms with Crippen molar-refractivity contribution in [3.05, 3.63) is 11.6 Å². The van der Waals surface area contributed by atoms with Crippen LogP contribution in [0.2, 0.25) is 0 Å². The summed E-state index contributed by atoms with van der Waals surface area (Å²) in [6.45, 7) is 2.81. The zero-order chi connectivity index (χ0) is 17.0. The number of nitrogens with two attached hydrogens (primary N) is 1. The van der Waals surface area contributed by atoms with Crippen LogP contribution in [0.1, 0.15) is 49.4 Å². The second-order valence-electron chi connectivity index (χ2n) is 5.44. The van der Waals surface area contributed by atoms with E-state index in [2.05, 4.69) is 5.32 Å². The average molecular weight is 359 g/mol. The molecule has 0 bridgehead atoms. The Hall–Kier alpha value is -1.45. The van der Waals surface area contributed by atoms with Crippen LogP contribution in [-0.2, 0) is 14.8 Å². The lowest BCUT2D eigenvalue weighted by molar-refractivity contribution is -0.116. The average Bonchev–Trinajstić information content (AvgIpc) is 2.93. The Labute approximate surface area is 139 Å². The molecule has 2 rings (SSSR count). The third-order valence-electron chi connectivity index (χ3n) is 3.61. The first kappa shape index (κ1) is 17.9. The maximum atomic E-state index is 12.7. The zero-order valence-electron chi connectivity index (χ0n) is 13.0. The smallest absolute Gasteiger partial charge is 0.252 e. The van der Waals surface area contributed by atoms with Gasteiger partial charge in [-0.3, -0.25) is 9.59 Å². The molecule has 128 valence electrons. The van der Waals surface area contributed by atoms with Gasteiger partial charge in [-0.25, -0.2) is 8.42 Å². The molecule has 0 aliphatic carbocycles. The van der Waals surface area contributed by atoms with Crippen molar-refractivity contribution in [3.63, 3.8) is 0 Å². The Balaban J connectivity index is 2.32. The first-order chi connectivity index (χ1) is 10.9. The Bertz CT molecular complexity index is 691. The Kier molecular flexibility index (Phi) is 5.77. The van der Waals surface area contributed by atoms with E-state index in [0.717, 1.165) is 30.6 Å². The van der Waals surface area contributed by atoms with E-state index in [1.54, 1.807) is 0 Å². The molecule has 0 saturated carbocycles. The van der Waals surface area contributed by atoms with E-state index in [4.69, 9.17) is 5.73 Å². The van der Waals surface area contributed by atoms with Crippen LogP contribution in [0, 0.1) is 0 Å². The number of carbonyl (C=O) groups is 2. The molecule has 1 saturated heterocycles. The standard InChI is InChI=1S/C14H21N3O4S2/c1-2-6-11(18)16-14-10(13(15)19)9-12(22-14)23(20,21)17-7-4-3-5-8-17/h9H,2-8H2,1H3,(H2,15,19)(H,16,18). The molecular weight excluding hydrogens is 338 g/mol. The summed E-state index contributed by atoms with van der Waals surface area (Å²) in [5.41, 5.74) is 5.34. The van der Waals surface area contributed by atoms with Crippen molar-refractivity contribution in [1.82, 2.24) is 4.31 Å². The molecule has 2 heterocycles. The lowest BCUT2D eigenvalue weighted by atomic mass is 10.2. The van der Waals surface area contributed by atoms with Gasteiger partial charge in [-0.05, 0) is 25.3 Å². The molecule has 0 aromatic carbocycles. The summed E-state index contributed by atoms with van der Waals surface area (Å²) < 4.78 is 26.8. The number of hydrogen-bond donors (Lipinski definition) is 2. The second-order valence-corrected chi connectivity index (χ2v) is 8.65. The van der Waals surface area contributed by atoms with E-state index in [9.17, 15) is 18.0 Å². The summed E-state index contributed by atoms with van der Waals surface area (Å²) in [5.74, 6) is -1.02. The van der Waals surface area contributed by atoms with Crippen molar-refractivity contribution < 1.29 is 18.0 Å². The number of thiophene rings is 1. The number of primary amides is 1. The summed E-state index contributed by atoms with van der Waals surface area (Å²) in [7, 11) is -3.65. The minimum atomic E-state index is -3.65. The van der Waals surface area contributed by atoms with Crippen molar-refractivity contribution in [2.45, 2.75) is 43.2 Å². The van der Waals surface area contributed by atoms with E-state index >= 15 is 0 Å². The predicted molar refractivity (Wildman–Crippen MR) is 89.0 cm³/mol. The fraction of sp³-hybridized carbons (Fsp3) is 0.571. The number of carbonyl (C=O) groups excluding carboxylic acids is 2. The first-order valence-corrected chi connectivity index (χ1v) is 9.85. The Morgan fingerprint density at radius 2 is 1.96 bits per heavy atom. The van der Waals surface area contributed by atoms with Crippen LogP contribution >= 0.6 is 11.3 Å². The first-order valence-electron chi connectivity index (χ1n) is 7.60. The van der Waals surface area contributed by atoms with Crippen molar-refractivity contribution in [2.75, 3.05) is 18.4 Å². The number of nitrogens with zero attached hydrogens (tertiary/aromatic N) is 1. The molecule has 0 atom stereocenters. The summed E-state index contributed by atoms with van der Waals surface area (Å²) >= 11 is 0.880. The molecule has 3 N–H and O–H groups in total. The van der Waals surface area contributed by atoms with E-state index in [1.807, 2.05) is 6.92 Å². The summed E-state index contributed by atoms with van der Waals surface area (Å²) in [5, 5.41) is 2.78. The van der Waals surface area contributed by atoms with Crippen LogP contribution in [-0.4, -0.2) is 37.6 Å². The number of anilines is 1. The molecule has 1 aliphatic rings. The molecule has 23 heavy (non-hydrogen) atoms. The van der Waals surface area contributed by atoms with Crippen LogP contribution in [0.15, 0.2) is 10.3 Å². The summed E-state index contributed by atoms with van der Waals surface area (Å²) in [6.07, 6.45) is 3.62. The van der Waals surface area contributed by atoms with Crippen LogP contribution in [0.5, 0.6) is 0 Å². The lowest BCUT2D eigenvalue weighted by Gasteiger charge is -2.25. The number of nitrogens with one attached hydrogen (secondary N) is 1. The third kappa shape index (κ3) is 4.10. The molecule has 0 radical (unpaired) electrons. The van der Waals surface area contributed by atoms with Crippen LogP contribution in [0.4, 0.5) is 5.00 Å². The van der Waals surface area contributed by atoms with Gasteiger partial charge in [-0.15, -0.1) is 11.3 Å². The van der Waals surface area contributed by atoms with Gasteiger partial charge in [0, 0.05) is 19.5 Å². The fourth-order valence-electron chi connectivity index (χ4n) is 2.42. The molecule has 1 fully saturated rings. The SMILES string of the molecule is CCCC(=O)Nc1sc(S(=O)(=O)N2CCCCC2)cc1C(N)=O. The third-order valence-corrected chi connectivity index (χ3v) is 7.01. The molecule has 1 aromatic rings. The summed E-state index contributed by atoms with van der Waals surface area (Å²) in [4.78, 5) is 23.3. The largest absolute Gasteiger partial charge is 0.366 e. The molecular formula is C14H21N3O4S2. The van der Waals surface area contributed by atoms with Crippen LogP contribution < -0.4 is 11.1 Å². The minimum absolute atomic E-state index is 0.0371. The molecule has 9 heteroatoms. The number of sulfonamides is 1. The van der Waals surface area contributed by atoms with Gasteiger partial charge in [0.1, 0.15) is 9.21 Å². The maximum Gasteiger partial charge on any atom is 0.252 e. The van der Waals surface area contributed by atoms with Crippen molar-refractivity contribution >= 4 is 38.2 Å². The van der Waals surface area contributed by atoms with Gasteiger partial charge in [0.05, 0.1) is 5.56 Å². The maximum absolute atomic E-state index is 12.7. The topological polar surface area (TPSA) is 110 Å².